The molecule has 0 N–H and O–H groups in total. The third kappa shape index (κ3) is 4.42. The Morgan fingerprint density at radius 3 is 2.53 bits per heavy atom. The number of hydrogen-bond donors (Lipinski definition) is 0. The number of rotatable bonds is 5. The van der Waals surface area contributed by atoms with Crippen molar-refractivity contribution in [1.82, 2.24) is 8.87 Å². The van der Waals surface area contributed by atoms with E-state index in [2.05, 4.69) is 10.9 Å². The Kier molecular flexibility index (Phi) is 6.60. The predicted octanol–water partition coefficient (Wildman–Crippen LogP) is 4.03. The third-order valence-corrected chi connectivity index (χ3v) is 8.89. The quantitative estimate of drug-likeness (QED) is 0.532. The molecule has 1 saturated carbocycles. The molecule has 166 valence electrons. The maximum absolute atomic E-state index is 13.0. The molecule has 1 amide bonds. The smallest absolute Gasteiger partial charge is 0.279 e. The van der Waals surface area contributed by atoms with Gasteiger partial charge in [0.15, 0.2) is 4.80 Å². The number of carbonyl (C=O) groups excluding carboxylic acids is 1. The van der Waals surface area contributed by atoms with E-state index in [9.17, 15) is 13.2 Å². The number of thiazole rings is 1. The number of terminal acetylenes is 1. The summed E-state index contributed by atoms with van der Waals surface area (Å²) in [5.41, 5.74) is 1.25. The molecular weight excluding hydrogens is 442 g/mol. The summed E-state index contributed by atoms with van der Waals surface area (Å²) in [6.07, 6.45) is 10.5. The van der Waals surface area contributed by atoms with E-state index in [0.717, 1.165) is 42.3 Å². The van der Waals surface area contributed by atoms with E-state index in [1.54, 1.807) is 7.05 Å². The lowest BCUT2D eigenvalue weighted by Crippen LogP contribution is -2.38. The van der Waals surface area contributed by atoms with Gasteiger partial charge in [0.25, 0.3) is 5.91 Å². The van der Waals surface area contributed by atoms with Gasteiger partial charge in [-0.3, -0.25) is 4.79 Å². The summed E-state index contributed by atoms with van der Waals surface area (Å²) in [6.45, 7) is 0.306. The van der Waals surface area contributed by atoms with Crippen LogP contribution < -0.4 is 4.80 Å². The molecule has 1 aliphatic carbocycles. The molecule has 0 radical (unpaired) electrons. The van der Waals surface area contributed by atoms with Crippen LogP contribution in [0.25, 0.3) is 10.2 Å². The normalized spacial score (nSPS) is 15.8. The number of benzene rings is 2. The first kappa shape index (κ1) is 22.5. The summed E-state index contributed by atoms with van der Waals surface area (Å²) in [5.74, 6) is 2.17. The Bertz CT molecular complexity index is 1340. The van der Waals surface area contributed by atoms with Gasteiger partial charge in [0.2, 0.25) is 10.0 Å². The second-order valence-electron chi connectivity index (χ2n) is 7.90. The highest BCUT2D eigenvalue weighted by molar-refractivity contribution is 7.89. The average Bonchev–Trinajstić information content (AvgIpc) is 3.16. The molecular formula is C24H25N3O3S2. The second kappa shape index (κ2) is 9.41. The third-order valence-electron chi connectivity index (χ3n) is 5.90. The van der Waals surface area contributed by atoms with Gasteiger partial charge in [-0.05, 0) is 49.2 Å². The van der Waals surface area contributed by atoms with Crippen LogP contribution in [0.1, 0.15) is 42.5 Å². The number of para-hydroxylation sites is 1. The zero-order valence-corrected chi connectivity index (χ0v) is 19.5. The number of hydrogen-bond acceptors (Lipinski definition) is 4. The molecule has 1 aromatic heterocycles. The van der Waals surface area contributed by atoms with Crippen molar-refractivity contribution in [1.29, 1.82) is 0 Å². The lowest BCUT2D eigenvalue weighted by Gasteiger charge is -2.30. The van der Waals surface area contributed by atoms with E-state index in [-0.39, 0.29) is 10.9 Å². The molecule has 0 unspecified atom stereocenters. The molecule has 1 heterocycles. The number of aromatic nitrogens is 1. The summed E-state index contributed by atoms with van der Waals surface area (Å²) < 4.78 is 30.3. The van der Waals surface area contributed by atoms with E-state index in [0.29, 0.717) is 16.9 Å². The van der Waals surface area contributed by atoms with Crippen molar-refractivity contribution in [3.8, 4) is 12.3 Å². The van der Waals surface area contributed by atoms with Crippen molar-refractivity contribution in [2.75, 3.05) is 7.05 Å². The maximum atomic E-state index is 13.0. The summed E-state index contributed by atoms with van der Waals surface area (Å²) in [5, 5.41) is 0. The lowest BCUT2D eigenvalue weighted by atomic mass is 9.96. The largest absolute Gasteiger partial charge is 0.305 e. The molecule has 1 aliphatic rings. The molecule has 1 fully saturated rings. The van der Waals surface area contributed by atoms with Crippen molar-refractivity contribution < 1.29 is 13.2 Å². The molecule has 0 spiro atoms. The fourth-order valence-corrected chi connectivity index (χ4v) is 6.52. The van der Waals surface area contributed by atoms with Crippen molar-refractivity contribution >= 4 is 37.5 Å². The lowest BCUT2D eigenvalue weighted by molar-refractivity contribution is 0.0998. The summed E-state index contributed by atoms with van der Waals surface area (Å²) >= 11 is 1.39. The fourth-order valence-electron chi connectivity index (χ4n) is 4.08. The van der Waals surface area contributed by atoms with Crippen LogP contribution in [0, 0.1) is 12.3 Å². The number of sulfonamides is 1. The second-order valence-corrected chi connectivity index (χ2v) is 10.9. The van der Waals surface area contributed by atoms with Crippen LogP contribution in [0.4, 0.5) is 0 Å². The van der Waals surface area contributed by atoms with Crippen LogP contribution in [0.15, 0.2) is 58.4 Å². The molecule has 0 bridgehead atoms. The minimum Gasteiger partial charge on any atom is -0.305 e. The molecule has 6 nitrogen and oxygen atoms in total. The van der Waals surface area contributed by atoms with Crippen LogP contribution in [0.2, 0.25) is 0 Å². The zero-order chi connectivity index (χ0) is 22.7. The molecule has 8 heteroatoms. The van der Waals surface area contributed by atoms with Gasteiger partial charge in [0.05, 0.1) is 21.7 Å². The van der Waals surface area contributed by atoms with Gasteiger partial charge in [0, 0.05) is 18.7 Å². The zero-order valence-electron chi connectivity index (χ0n) is 17.9. The first-order valence-electron chi connectivity index (χ1n) is 10.6. The molecule has 3 aromatic rings. The van der Waals surface area contributed by atoms with Gasteiger partial charge in [-0.1, -0.05) is 48.7 Å². The summed E-state index contributed by atoms with van der Waals surface area (Å²) in [4.78, 5) is 17.8. The van der Waals surface area contributed by atoms with Crippen molar-refractivity contribution in [3.05, 3.63) is 58.9 Å². The Hall–Kier alpha value is -2.73. The summed E-state index contributed by atoms with van der Waals surface area (Å²) in [7, 11) is -1.96. The average molecular weight is 468 g/mol. The van der Waals surface area contributed by atoms with Crippen molar-refractivity contribution in [3.63, 3.8) is 0 Å². The number of nitrogens with zero attached hydrogens (tertiary/aromatic N) is 3. The Morgan fingerprint density at radius 1 is 1.16 bits per heavy atom. The van der Waals surface area contributed by atoms with Gasteiger partial charge in [-0.2, -0.15) is 9.30 Å². The van der Waals surface area contributed by atoms with Crippen LogP contribution in [0.5, 0.6) is 0 Å². The van der Waals surface area contributed by atoms with Gasteiger partial charge >= 0.3 is 0 Å². The molecule has 2 aromatic carbocycles. The number of fused-ring (bicyclic) bond motifs is 1. The van der Waals surface area contributed by atoms with E-state index < -0.39 is 15.9 Å². The molecule has 0 saturated heterocycles. The molecule has 32 heavy (non-hydrogen) atoms. The topological polar surface area (TPSA) is 71.7 Å². The van der Waals surface area contributed by atoms with E-state index in [1.165, 1.54) is 39.9 Å². The van der Waals surface area contributed by atoms with E-state index in [4.69, 9.17) is 6.42 Å². The number of amides is 1. The Labute approximate surface area is 192 Å². The van der Waals surface area contributed by atoms with Crippen molar-refractivity contribution in [2.24, 2.45) is 4.99 Å². The van der Waals surface area contributed by atoms with Crippen LogP contribution in [0.3, 0.4) is 0 Å². The monoisotopic (exact) mass is 467 g/mol. The highest BCUT2D eigenvalue weighted by Gasteiger charge is 2.29. The van der Waals surface area contributed by atoms with Gasteiger partial charge in [-0.15, -0.1) is 6.42 Å². The van der Waals surface area contributed by atoms with Crippen LogP contribution >= 0.6 is 11.3 Å². The van der Waals surface area contributed by atoms with Gasteiger partial charge in [-0.25, -0.2) is 8.42 Å². The van der Waals surface area contributed by atoms with E-state index >= 15 is 0 Å². The van der Waals surface area contributed by atoms with E-state index in [1.807, 2.05) is 28.8 Å². The van der Waals surface area contributed by atoms with Gasteiger partial charge in [0.1, 0.15) is 0 Å². The first-order chi connectivity index (χ1) is 15.4. The van der Waals surface area contributed by atoms with Crippen molar-refractivity contribution in [2.45, 2.75) is 49.6 Å². The summed E-state index contributed by atoms with van der Waals surface area (Å²) in [6, 6.07) is 13.8. The standard InChI is InChI=1S/C24H25N3O3S2/c1-3-17-27-21-11-7-8-12-22(21)31-24(27)25-23(28)18-13-15-20(16-14-18)32(29,30)26(2)19-9-5-4-6-10-19/h1,7-8,11-16,19H,4-6,9-10,17H2,2H3. The number of carbonyl (C=O) groups is 1. The van der Waals surface area contributed by atoms with Crippen LogP contribution in [-0.2, 0) is 16.6 Å². The first-order valence-corrected chi connectivity index (χ1v) is 12.9. The SMILES string of the molecule is C#CCn1c(=NC(=O)c2ccc(S(=O)(=O)N(C)C3CCCCC3)cc2)sc2ccccc21. The predicted molar refractivity (Wildman–Crippen MR) is 127 cm³/mol. The Balaban J connectivity index is 1.61. The van der Waals surface area contributed by atoms with Crippen LogP contribution in [-0.4, -0.2) is 36.3 Å². The highest BCUT2D eigenvalue weighted by atomic mass is 32.2. The molecule has 0 atom stereocenters. The maximum Gasteiger partial charge on any atom is 0.279 e. The minimum absolute atomic E-state index is 0.0321. The Morgan fingerprint density at radius 2 is 1.84 bits per heavy atom. The fraction of sp³-hybridized carbons (Fsp3) is 0.333. The van der Waals surface area contributed by atoms with Gasteiger partial charge < -0.3 is 4.57 Å². The highest BCUT2D eigenvalue weighted by Crippen LogP contribution is 2.26. The molecule has 4 rings (SSSR count). The molecule has 0 aliphatic heterocycles. The minimum atomic E-state index is -3.60.